The minimum atomic E-state index is -4.59. The lowest BCUT2D eigenvalue weighted by molar-refractivity contribution is -0.146. The molecule has 0 fully saturated rings. The summed E-state index contributed by atoms with van der Waals surface area (Å²) in [6, 6.07) is 5.71. The predicted molar refractivity (Wildman–Crippen MR) is 95.5 cm³/mol. The molecule has 0 spiro atoms. The first kappa shape index (κ1) is 24.2. The minimum Gasteiger partial charge on any atom is -0.467 e. The normalized spacial score (nSPS) is 13.9. The van der Waals surface area contributed by atoms with Crippen LogP contribution in [-0.2, 0) is 33.1 Å². The number of benzene rings is 2. The number of halogens is 6. The summed E-state index contributed by atoms with van der Waals surface area (Å²) < 4.78 is 80.4. The van der Waals surface area contributed by atoms with Crippen LogP contribution < -0.4 is 5.32 Å². The van der Waals surface area contributed by atoms with E-state index in [1.54, 1.807) is 0 Å². The van der Waals surface area contributed by atoms with E-state index in [-0.39, 0.29) is 17.5 Å². The molecular weight excluding hydrogens is 432 g/mol. The molecule has 0 aliphatic heterocycles. The number of nitrogens with one attached hydrogen (secondary N) is 1. The Morgan fingerprint density at radius 3 is 1.77 bits per heavy atom. The first-order valence-electron chi connectivity index (χ1n) is 8.72. The number of methoxy groups -OCH3 is 1. The zero-order valence-corrected chi connectivity index (χ0v) is 15.9. The number of hydrogen-bond donors (Lipinski definition) is 2. The predicted octanol–water partition coefficient (Wildman–Crippen LogP) is 3.66. The third kappa shape index (κ3) is 6.45. The smallest absolute Gasteiger partial charge is 0.416 e. The molecule has 168 valence electrons. The van der Waals surface area contributed by atoms with Gasteiger partial charge >= 0.3 is 18.3 Å². The first-order valence-corrected chi connectivity index (χ1v) is 8.72. The number of aliphatic hydroxyl groups excluding tert-OH is 1. The average molecular weight is 449 g/mol. The number of carbonyl (C=O) groups excluding carboxylic acids is 2. The molecule has 1 amide bonds. The fourth-order valence-electron chi connectivity index (χ4n) is 2.66. The van der Waals surface area contributed by atoms with E-state index in [4.69, 9.17) is 0 Å². The first-order chi connectivity index (χ1) is 14.3. The van der Waals surface area contributed by atoms with Gasteiger partial charge in [0.1, 0.15) is 6.04 Å². The van der Waals surface area contributed by atoms with Gasteiger partial charge < -0.3 is 15.2 Å². The molecule has 0 aromatic heterocycles. The van der Waals surface area contributed by atoms with Crippen molar-refractivity contribution in [3.05, 3.63) is 70.8 Å². The van der Waals surface area contributed by atoms with E-state index in [1.807, 2.05) is 0 Å². The van der Waals surface area contributed by atoms with Gasteiger partial charge in [-0.2, -0.15) is 26.3 Å². The van der Waals surface area contributed by atoms with Crippen LogP contribution in [0.15, 0.2) is 48.5 Å². The summed E-state index contributed by atoms with van der Waals surface area (Å²) in [6.45, 7) is 0. The van der Waals surface area contributed by atoms with Crippen molar-refractivity contribution < 1.29 is 45.8 Å². The van der Waals surface area contributed by atoms with Crippen LogP contribution in [0, 0.1) is 0 Å². The van der Waals surface area contributed by atoms with Crippen molar-refractivity contribution in [2.75, 3.05) is 7.11 Å². The van der Waals surface area contributed by atoms with E-state index in [0.29, 0.717) is 12.1 Å². The Kier molecular flexibility index (Phi) is 7.32. The summed E-state index contributed by atoms with van der Waals surface area (Å²) in [4.78, 5) is 24.3. The number of ether oxygens (including phenoxy) is 1. The van der Waals surface area contributed by atoms with E-state index >= 15 is 0 Å². The second-order valence-corrected chi connectivity index (χ2v) is 6.51. The Balaban J connectivity index is 2.12. The van der Waals surface area contributed by atoms with Gasteiger partial charge in [0, 0.05) is 6.42 Å². The number of amides is 1. The van der Waals surface area contributed by atoms with E-state index < -0.39 is 47.5 Å². The van der Waals surface area contributed by atoms with Crippen molar-refractivity contribution in [2.24, 2.45) is 0 Å². The molecule has 0 bridgehead atoms. The van der Waals surface area contributed by atoms with Crippen LogP contribution in [0.25, 0.3) is 0 Å². The third-order valence-electron chi connectivity index (χ3n) is 4.33. The lowest BCUT2D eigenvalue weighted by Crippen LogP contribution is -2.45. The molecule has 2 N–H and O–H groups in total. The summed E-state index contributed by atoms with van der Waals surface area (Å²) in [7, 11) is 1.03. The highest BCUT2D eigenvalue weighted by molar-refractivity contribution is 5.87. The Hall–Kier alpha value is -3.08. The summed E-state index contributed by atoms with van der Waals surface area (Å²) in [6.07, 6.45) is -11.3. The van der Waals surface area contributed by atoms with Crippen molar-refractivity contribution in [1.29, 1.82) is 0 Å². The summed E-state index contributed by atoms with van der Waals surface area (Å²) in [5.74, 6) is -2.02. The van der Waals surface area contributed by atoms with E-state index in [9.17, 15) is 41.0 Å². The molecular formula is C20H17F6NO4. The van der Waals surface area contributed by atoms with Gasteiger partial charge in [0.15, 0.2) is 6.10 Å². The Labute approximate surface area is 172 Å². The van der Waals surface area contributed by atoms with Gasteiger partial charge in [-0.05, 0) is 35.4 Å². The molecule has 0 saturated heterocycles. The summed E-state index contributed by atoms with van der Waals surface area (Å²) in [5, 5.41) is 12.3. The van der Waals surface area contributed by atoms with Crippen LogP contribution in [0.1, 0.15) is 28.4 Å². The highest BCUT2D eigenvalue weighted by Crippen LogP contribution is 2.30. The van der Waals surface area contributed by atoms with Crippen molar-refractivity contribution >= 4 is 11.9 Å². The molecule has 0 aliphatic rings. The largest absolute Gasteiger partial charge is 0.467 e. The average Bonchev–Trinajstić information content (AvgIpc) is 2.71. The second kappa shape index (κ2) is 9.38. The Morgan fingerprint density at radius 2 is 1.35 bits per heavy atom. The van der Waals surface area contributed by atoms with Gasteiger partial charge in [-0.1, -0.05) is 24.3 Å². The summed E-state index contributed by atoms with van der Waals surface area (Å²) >= 11 is 0. The van der Waals surface area contributed by atoms with Crippen LogP contribution in [0.2, 0.25) is 0 Å². The fourth-order valence-corrected chi connectivity index (χ4v) is 2.66. The number of esters is 1. The standard InChI is InChI=1S/C20H17F6NO4/c1-31-18(30)15(10-11-2-6-13(7-3-11)19(21,22)23)27-17(29)16(28)12-4-8-14(9-5-12)20(24,25)26/h2-9,15-16,28H,10H2,1H3,(H,27,29)/t15-,16-/m0/s1. The fraction of sp³-hybridized carbons (Fsp3) is 0.300. The van der Waals surface area contributed by atoms with Crippen molar-refractivity contribution in [3.8, 4) is 0 Å². The van der Waals surface area contributed by atoms with Gasteiger partial charge in [0.2, 0.25) is 0 Å². The molecule has 0 heterocycles. The van der Waals surface area contributed by atoms with Crippen LogP contribution in [-0.4, -0.2) is 30.1 Å². The molecule has 2 rings (SSSR count). The van der Waals surface area contributed by atoms with Crippen LogP contribution in [0.3, 0.4) is 0 Å². The monoisotopic (exact) mass is 449 g/mol. The SMILES string of the molecule is COC(=O)[C@H](Cc1ccc(C(F)(F)F)cc1)NC(=O)[C@@H](O)c1ccc(C(F)(F)F)cc1. The maximum Gasteiger partial charge on any atom is 0.416 e. The topological polar surface area (TPSA) is 75.6 Å². The molecule has 2 aromatic carbocycles. The molecule has 11 heteroatoms. The number of carbonyl (C=O) groups is 2. The van der Waals surface area contributed by atoms with Gasteiger partial charge in [-0.3, -0.25) is 4.79 Å². The van der Waals surface area contributed by atoms with E-state index in [1.165, 1.54) is 0 Å². The minimum absolute atomic E-state index is 0.149. The van der Waals surface area contributed by atoms with Crippen LogP contribution in [0.4, 0.5) is 26.3 Å². The molecule has 31 heavy (non-hydrogen) atoms. The molecule has 2 atom stereocenters. The number of rotatable bonds is 6. The van der Waals surface area contributed by atoms with Gasteiger partial charge in [-0.25, -0.2) is 4.79 Å². The zero-order chi connectivity index (χ0) is 23.4. The molecule has 5 nitrogen and oxygen atoms in total. The highest BCUT2D eigenvalue weighted by Gasteiger charge is 2.32. The quantitative estimate of drug-likeness (QED) is 0.522. The number of aliphatic hydroxyl groups is 1. The Bertz CT molecular complexity index is 907. The van der Waals surface area contributed by atoms with E-state index in [2.05, 4.69) is 10.1 Å². The molecule has 0 unspecified atom stereocenters. The molecule has 0 saturated carbocycles. The van der Waals surface area contributed by atoms with Gasteiger partial charge in [0.05, 0.1) is 18.2 Å². The van der Waals surface area contributed by atoms with Crippen LogP contribution >= 0.6 is 0 Å². The molecule has 0 aliphatic carbocycles. The number of alkyl halides is 6. The highest BCUT2D eigenvalue weighted by atomic mass is 19.4. The zero-order valence-electron chi connectivity index (χ0n) is 15.9. The lowest BCUT2D eigenvalue weighted by Gasteiger charge is -2.19. The lowest BCUT2D eigenvalue weighted by atomic mass is 10.0. The van der Waals surface area contributed by atoms with Crippen molar-refractivity contribution in [3.63, 3.8) is 0 Å². The van der Waals surface area contributed by atoms with Crippen molar-refractivity contribution in [2.45, 2.75) is 30.9 Å². The van der Waals surface area contributed by atoms with E-state index in [0.717, 1.165) is 43.5 Å². The van der Waals surface area contributed by atoms with Crippen LogP contribution in [0.5, 0.6) is 0 Å². The third-order valence-corrected chi connectivity index (χ3v) is 4.33. The number of hydrogen-bond acceptors (Lipinski definition) is 4. The Morgan fingerprint density at radius 1 is 0.903 bits per heavy atom. The van der Waals surface area contributed by atoms with Crippen molar-refractivity contribution in [1.82, 2.24) is 5.32 Å². The maximum absolute atomic E-state index is 12.7. The van der Waals surface area contributed by atoms with Gasteiger partial charge in [-0.15, -0.1) is 0 Å². The second-order valence-electron chi connectivity index (χ2n) is 6.51. The molecule has 2 aromatic rings. The molecule has 0 radical (unpaired) electrons. The maximum atomic E-state index is 12.7. The summed E-state index contributed by atoms with van der Waals surface area (Å²) in [5.41, 5.74) is -1.75. The van der Waals surface area contributed by atoms with Gasteiger partial charge in [0.25, 0.3) is 5.91 Å².